The number of methoxy groups -OCH3 is 1. The van der Waals surface area contributed by atoms with Gasteiger partial charge >= 0.3 is 5.97 Å². The monoisotopic (exact) mass is 221 g/mol. The summed E-state index contributed by atoms with van der Waals surface area (Å²) in [6.07, 6.45) is 0.157. The number of piperidine rings is 1. The van der Waals surface area contributed by atoms with E-state index in [1.165, 1.54) is 7.11 Å². The predicted molar refractivity (Wildman–Crippen MR) is 51.8 cm³/mol. The van der Waals surface area contributed by atoms with Gasteiger partial charge in [-0.25, -0.2) is 8.78 Å². The van der Waals surface area contributed by atoms with Gasteiger partial charge in [0.05, 0.1) is 7.11 Å². The van der Waals surface area contributed by atoms with Crippen molar-refractivity contribution >= 4 is 5.97 Å². The van der Waals surface area contributed by atoms with Crippen molar-refractivity contribution in [3.05, 3.63) is 0 Å². The van der Waals surface area contributed by atoms with Crippen molar-refractivity contribution in [2.45, 2.75) is 25.2 Å². The van der Waals surface area contributed by atoms with Crippen LogP contribution in [0.25, 0.3) is 0 Å². The summed E-state index contributed by atoms with van der Waals surface area (Å²) in [6.45, 7) is 0.770. The minimum absolute atomic E-state index is 0.0740. The van der Waals surface area contributed by atoms with Crippen molar-refractivity contribution in [2.24, 2.45) is 5.92 Å². The summed E-state index contributed by atoms with van der Waals surface area (Å²) in [4.78, 5) is 12.7. The number of ether oxygens (including phenoxy) is 1. The average Bonchev–Trinajstić information content (AvgIpc) is 2.19. The number of carbonyl (C=O) groups is 1. The lowest BCUT2D eigenvalue weighted by Gasteiger charge is -2.36. The standard InChI is InChI=1S/C10H17F2NO2/c1-13-6-5-10(11,12)8(7-13)3-4-9(14)15-2/h8H,3-7H2,1-2H3. The van der Waals surface area contributed by atoms with Crippen LogP contribution in [0.4, 0.5) is 8.78 Å². The molecule has 0 spiro atoms. The third kappa shape index (κ3) is 3.41. The third-order valence-corrected chi connectivity index (χ3v) is 2.88. The number of alkyl halides is 2. The summed E-state index contributed by atoms with van der Waals surface area (Å²) in [5.41, 5.74) is 0. The fourth-order valence-electron chi connectivity index (χ4n) is 1.84. The molecule has 1 saturated heterocycles. The van der Waals surface area contributed by atoms with E-state index < -0.39 is 17.8 Å². The van der Waals surface area contributed by atoms with Gasteiger partial charge in [-0.1, -0.05) is 0 Å². The van der Waals surface area contributed by atoms with Crippen molar-refractivity contribution in [1.82, 2.24) is 4.90 Å². The number of rotatable bonds is 3. The summed E-state index contributed by atoms with van der Waals surface area (Å²) < 4.78 is 31.3. The van der Waals surface area contributed by atoms with Crippen LogP contribution in [0.15, 0.2) is 0 Å². The molecule has 0 aromatic carbocycles. The first-order valence-electron chi connectivity index (χ1n) is 5.09. The second-order valence-electron chi connectivity index (χ2n) is 4.09. The maximum Gasteiger partial charge on any atom is 0.305 e. The largest absolute Gasteiger partial charge is 0.469 e. The van der Waals surface area contributed by atoms with E-state index in [1.807, 2.05) is 11.9 Å². The fraction of sp³-hybridized carbons (Fsp3) is 0.900. The van der Waals surface area contributed by atoms with Crippen molar-refractivity contribution in [3.8, 4) is 0 Å². The fourth-order valence-corrected chi connectivity index (χ4v) is 1.84. The quantitative estimate of drug-likeness (QED) is 0.677. The Morgan fingerprint density at radius 3 is 2.87 bits per heavy atom. The average molecular weight is 221 g/mol. The van der Waals surface area contributed by atoms with Crippen LogP contribution in [0, 0.1) is 5.92 Å². The van der Waals surface area contributed by atoms with Gasteiger partial charge in [-0.2, -0.15) is 0 Å². The van der Waals surface area contributed by atoms with Gasteiger partial charge in [0.2, 0.25) is 0 Å². The Bertz CT molecular complexity index is 233. The summed E-state index contributed by atoms with van der Waals surface area (Å²) in [5.74, 6) is -3.78. The molecule has 0 aromatic rings. The highest BCUT2D eigenvalue weighted by molar-refractivity contribution is 5.69. The lowest BCUT2D eigenvalue weighted by molar-refractivity contribution is -0.143. The van der Waals surface area contributed by atoms with E-state index in [2.05, 4.69) is 4.74 Å². The van der Waals surface area contributed by atoms with Gasteiger partial charge < -0.3 is 9.64 Å². The van der Waals surface area contributed by atoms with Gasteiger partial charge in [0, 0.05) is 31.8 Å². The molecular weight excluding hydrogens is 204 g/mol. The maximum absolute atomic E-state index is 13.4. The van der Waals surface area contributed by atoms with Crippen molar-refractivity contribution in [2.75, 3.05) is 27.2 Å². The molecule has 15 heavy (non-hydrogen) atoms. The van der Waals surface area contributed by atoms with E-state index in [9.17, 15) is 13.6 Å². The van der Waals surface area contributed by atoms with Crippen LogP contribution in [-0.2, 0) is 9.53 Å². The van der Waals surface area contributed by atoms with Crippen LogP contribution in [0.3, 0.4) is 0 Å². The highest BCUT2D eigenvalue weighted by Gasteiger charge is 2.42. The molecule has 1 aliphatic heterocycles. The lowest BCUT2D eigenvalue weighted by Crippen LogP contribution is -2.45. The molecule has 1 unspecified atom stereocenters. The molecule has 1 rings (SSSR count). The molecule has 0 aliphatic carbocycles. The van der Waals surface area contributed by atoms with Crippen LogP contribution >= 0.6 is 0 Å². The minimum atomic E-state index is -2.64. The summed E-state index contributed by atoms with van der Waals surface area (Å²) in [5, 5.41) is 0. The first-order valence-corrected chi connectivity index (χ1v) is 5.09. The van der Waals surface area contributed by atoms with Crippen molar-refractivity contribution < 1.29 is 18.3 Å². The molecule has 88 valence electrons. The first kappa shape index (κ1) is 12.4. The Morgan fingerprint density at radius 2 is 2.27 bits per heavy atom. The van der Waals surface area contributed by atoms with Crippen LogP contribution < -0.4 is 0 Å². The Labute approximate surface area is 88.4 Å². The molecule has 0 amide bonds. The number of likely N-dealkylation sites (tertiary alicyclic amines) is 1. The zero-order chi connectivity index (χ0) is 11.5. The van der Waals surface area contributed by atoms with Gasteiger partial charge in [0.15, 0.2) is 0 Å². The van der Waals surface area contributed by atoms with E-state index in [-0.39, 0.29) is 19.3 Å². The van der Waals surface area contributed by atoms with Crippen LogP contribution in [-0.4, -0.2) is 44.0 Å². The molecule has 5 heteroatoms. The Morgan fingerprint density at radius 1 is 1.60 bits per heavy atom. The van der Waals surface area contributed by atoms with E-state index >= 15 is 0 Å². The minimum Gasteiger partial charge on any atom is -0.469 e. The predicted octanol–water partition coefficient (Wildman–Crippen LogP) is 1.53. The number of hydrogen-bond acceptors (Lipinski definition) is 3. The molecule has 0 saturated carbocycles. The first-order chi connectivity index (χ1) is 6.95. The number of hydrogen-bond donors (Lipinski definition) is 0. The van der Waals surface area contributed by atoms with Crippen molar-refractivity contribution in [1.29, 1.82) is 0 Å². The molecular formula is C10H17F2NO2. The van der Waals surface area contributed by atoms with Gasteiger partial charge in [0.25, 0.3) is 5.92 Å². The second-order valence-corrected chi connectivity index (χ2v) is 4.09. The van der Waals surface area contributed by atoms with Crippen LogP contribution in [0.1, 0.15) is 19.3 Å². The zero-order valence-electron chi connectivity index (χ0n) is 9.13. The third-order valence-electron chi connectivity index (χ3n) is 2.88. The molecule has 0 N–H and O–H groups in total. The van der Waals surface area contributed by atoms with E-state index in [0.29, 0.717) is 13.1 Å². The lowest BCUT2D eigenvalue weighted by atomic mass is 9.90. The zero-order valence-corrected chi connectivity index (χ0v) is 9.13. The maximum atomic E-state index is 13.4. The van der Waals surface area contributed by atoms with Crippen LogP contribution in [0.2, 0.25) is 0 Å². The van der Waals surface area contributed by atoms with Gasteiger partial charge in [-0.3, -0.25) is 4.79 Å². The SMILES string of the molecule is COC(=O)CCC1CN(C)CCC1(F)F. The smallest absolute Gasteiger partial charge is 0.305 e. The van der Waals surface area contributed by atoms with E-state index in [1.54, 1.807) is 0 Å². The second kappa shape index (κ2) is 4.88. The number of nitrogens with zero attached hydrogens (tertiary/aromatic N) is 1. The summed E-state index contributed by atoms with van der Waals surface area (Å²) >= 11 is 0. The summed E-state index contributed by atoms with van der Waals surface area (Å²) in [7, 11) is 3.09. The highest BCUT2D eigenvalue weighted by Crippen LogP contribution is 2.35. The Kier molecular flexibility index (Phi) is 4.02. The summed E-state index contributed by atoms with van der Waals surface area (Å²) in [6, 6.07) is 0. The molecule has 1 heterocycles. The molecule has 1 aliphatic rings. The number of halogens is 2. The number of carbonyl (C=O) groups excluding carboxylic acids is 1. The molecule has 0 radical (unpaired) electrons. The molecule has 0 aromatic heterocycles. The number of esters is 1. The molecule has 1 atom stereocenters. The Hall–Kier alpha value is -0.710. The van der Waals surface area contributed by atoms with E-state index in [0.717, 1.165) is 0 Å². The topological polar surface area (TPSA) is 29.5 Å². The highest BCUT2D eigenvalue weighted by atomic mass is 19.3. The Balaban J connectivity index is 2.46. The molecule has 1 fully saturated rings. The van der Waals surface area contributed by atoms with Gasteiger partial charge in [0.1, 0.15) is 0 Å². The van der Waals surface area contributed by atoms with Gasteiger partial charge in [-0.15, -0.1) is 0 Å². The van der Waals surface area contributed by atoms with Gasteiger partial charge in [-0.05, 0) is 13.5 Å². The molecule has 3 nitrogen and oxygen atoms in total. The van der Waals surface area contributed by atoms with Crippen molar-refractivity contribution in [3.63, 3.8) is 0 Å². The van der Waals surface area contributed by atoms with Crippen LogP contribution in [0.5, 0.6) is 0 Å². The van der Waals surface area contributed by atoms with E-state index in [4.69, 9.17) is 0 Å². The molecule has 0 bridgehead atoms. The normalized spacial score (nSPS) is 26.3.